The predicted molar refractivity (Wildman–Crippen MR) is 78.2 cm³/mol. The van der Waals surface area contributed by atoms with Gasteiger partial charge in [-0.05, 0) is 72.7 Å². The standard InChI is InChI=1S/C17H18FNO/c1-9-7-11(20)8-10(2)16(9)12-3-5-14(18)17-13(12)4-6-15(17)19/h3,5,7-8,15,20H,4,6,19H2,1-2H3/t15-/m1/s1. The van der Waals surface area contributed by atoms with Gasteiger partial charge in [0.15, 0.2) is 0 Å². The van der Waals surface area contributed by atoms with Gasteiger partial charge in [-0.1, -0.05) is 6.07 Å². The van der Waals surface area contributed by atoms with Crippen LogP contribution in [0, 0.1) is 19.7 Å². The van der Waals surface area contributed by atoms with Gasteiger partial charge >= 0.3 is 0 Å². The van der Waals surface area contributed by atoms with E-state index in [1.165, 1.54) is 6.07 Å². The zero-order chi connectivity index (χ0) is 14.4. The fraction of sp³-hybridized carbons (Fsp3) is 0.294. The third-order valence-corrected chi connectivity index (χ3v) is 4.17. The van der Waals surface area contributed by atoms with Gasteiger partial charge in [0.1, 0.15) is 11.6 Å². The molecule has 0 saturated carbocycles. The topological polar surface area (TPSA) is 46.2 Å². The van der Waals surface area contributed by atoms with Gasteiger partial charge in [-0.15, -0.1) is 0 Å². The quantitative estimate of drug-likeness (QED) is 0.829. The molecule has 0 aromatic heterocycles. The van der Waals surface area contributed by atoms with Gasteiger partial charge in [-0.25, -0.2) is 4.39 Å². The van der Waals surface area contributed by atoms with Crippen LogP contribution in [0.5, 0.6) is 5.75 Å². The van der Waals surface area contributed by atoms with E-state index in [1.54, 1.807) is 12.1 Å². The van der Waals surface area contributed by atoms with Gasteiger partial charge in [-0.3, -0.25) is 0 Å². The van der Waals surface area contributed by atoms with Gasteiger partial charge in [0.25, 0.3) is 0 Å². The van der Waals surface area contributed by atoms with Crippen molar-refractivity contribution in [3.05, 3.63) is 52.3 Å². The zero-order valence-corrected chi connectivity index (χ0v) is 11.7. The minimum atomic E-state index is -0.206. The molecule has 2 aromatic rings. The SMILES string of the molecule is Cc1cc(O)cc(C)c1-c1ccc(F)c2c1CC[C@H]2N. The minimum absolute atomic E-state index is 0.206. The molecule has 20 heavy (non-hydrogen) atoms. The molecule has 0 spiro atoms. The summed E-state index contributed by atoms with van der Waals surface area (Å²) in [5, 5.41) is 9.66. The maximum absolute atomic E-state index is 14.0. The number of rotatable bonds is 1. The van der Waals surface area contributed by atoms with Crippen molar-refractivity contribution in [2.24, 2.45) is 5.73 Å². The molecule has 3 N–H and O–H groups in total. The first-order valence-electron chi connectivity index (χ1n) is 6.86. The molecule has 1 aliphatic rings. The predicted octanol–water partition coefficient (Wildman–Crippen LogP) is 3.76. The number of nitrogens with two attached hydrogens (primary N) is 1. The van der Waals surface area contributed by atoms with Crippen LogP contribution in [0.4, 0.5) is 4.39 Å². The highest BCUT2D eigenvalue weighted by molar-refractivity contribution is 5.76. The number of benzene rings is 2. The van der Waals surface area contributed by atoms with Crippen LogP contribution >= 0.6 is 0 Å². The first-order valence-corrected chi connectivity index (χ1v) is 6.86. The second-order valence-corrected chi connectivity index (χ2v) is 5.59. The molecule has 1 aliphatic carbocycles. The Balaban J connectivity index is 2.28. The number of hydrogen-bond acceptors (Lipinski definition) is 2. The summed E-state index contributed by atoms with van der Waals surface area (Å²) in [7, 11) is 0. The number of aromatic hydroxyl groups is 1. The van der Waals surface area contributed by atoms with Crippen molar-refractivity contribution in [3.63, 3.8) is 0 Å². The van der Waals surface area contributed by atoms with Crippen LogP contribution in [0.1, 0.15) is 34.7 Å². The first kappa shape index (κ1) is 13.1. The maximum atomic E-state index is 14.0. The van der Waals surface area contributed by atoms with Gasteiger partial charge in [0.05, 0.1) is 0 Å². The molecule has 0 bridgehead atoms. The molecule has 3 heteroatoms. The van der Waals surface area contributed by atoms with E-state index in [1.807, 2.05) is 19.9 Å². The molecule has 0 aliphatic heterocycles. The summed E-state index contributed by atoms with van der Waals surface area (Å²) < 4.78 is 14.0. The van der Waals surface area contributed by atoms with E-state index in [4.69, 9.17) is 5.73 Å². The molecule has 0 radical (unpaired) electrons. The number of aryl methyl sites for hydroxylation is 2. The van der Waals surface area contributed by atoms with Gasteiger partial charge in [-0.2, -0.15) is 0 Å². The summed E-state index contributed by atoms with van der Waals surface area (Å²) in [6, 6.07) is 6.62. The molecule has 0 unspecified atom stereocenters. The van der Waals surface area contributed by atoms with E-state index in [-0.39, 0.29) is 17.6 Å². The van der Waals surface area contributed by atoms with Gasteiger partial charge in [0.2, 0.25) is 0 Å². The third-order valence-electron chi connectivity index (χ3n) is 4.17. The van der Waals surface area contributed by atoms with Crippen molar-refractivity contribution in [1.29, 1.82) is 0 Å². The number of halogens is 1. The normalized spacial score (nSPS) is 17.3. The number of phenolic OH excluding ortho intramolecular Hbond substituents is 1. The molecule has 3 rings (SSSR count). The molecule has 1 atom stereocenters. The Morgan fingerprint density at radius 1 is 1.20 bits per heavy atom. The fourth-order valence-electron chi connectivity index (χ4n) is 3.35. The maximum Gasteiger partial charge on any atom is 0.128 e. The summed E-state index contributed by atoms with van der Waals surface area (Å²) >= 11 is 0. The lowest BCUT2D eigenvalue weighted by atomic mass is 9.90. The van der Waals surface area contributed by atoms with E-state index in [0.29, 0.717) is 5.56 Å². The molecule has 104 valence electrons. The van der Waals surface area contributed by atoms with Crippen molar-refractivity contribution in [2.75, 3.05) is 0 Å². The number of hydrogen-bond donors (Lipinski definition) is 2. The average molecular weight is 271 g/mol. The van der Waals surface area contributed by atoms with Gasteiger partial charge < -0.3 is 10.8 Å². The highest BCUT2D eigenvalue weighted by atomic mass is 19.1. The van der Waals surface area contributed by atoms with E-state index in [0.717, 1.165) is 40.7 Å². The Morgan fingerprint density at radius 3 is 2.50 bits per heavy atom. The second-order valence-electron chi connectivity index (χ2n) is 5.59. The lowest BCUT2D eigenvalue weighted by Crippen LogP contribution is -2.07. The van der Waals surface area contributed by atoms with Crippen LogP contribution in [0.3, 0.4) is 0 Å². The minimum Gasteiger partial charge on any atom is -0.508 e. The summed E-state index contributed by atoms with van der Waals surface area (Å²) in [5.41, 5.74) is 11.8. The van der Waals surface area contributed by atoms with Crippen LogP contribution in [-0.2, 0) is 6.42 Å². The second kappa shape index (κ2) is 4.60. The highest BCUT2D eigenvalue weighted by Crippen LogP contribution is 2.40. The zero-order valence-electron chi connectivity index (χ0n) is 11.7. The van der Waals surface area contributed by atoms with Crippen molar-refractivity contribution >= 4 is 0 Å². The molecule has 0 amide bonds. The molecular formula is C17H18FNO. The van der Waals surface area contributed by atoms with E-state index in [2.05, 4.69) is 0 Å². The lowest BCUT2D eigenvalue weighted by Gasteiger charge is -2.16. The number of phenols is 1. The van der Waals surface area contributed by atoms with Crippen molar-refractivity contribution < 1.29 is 9.50 Å². The van der Waals surface area contributed by atoms with Crippen molar-refractivity contribution in [3.8, 4) is 16.9 Å². The Bertz CT molecular complexity index is 671. The molecule has 0 heterocycles. The van der Waals surface area contributed by atoms with Gasteiger partial charge in [0, 0.05) is 11.6 Å². The van der Waals surface area contributed by atoms with Crippen LogP contribution in [0.15, 0.2) is 24.3 Å². The summed E-state index contributed by atoms with van der Waals surface area (Å²) in [6.45, 7) is 3.93. The molecule has 0 saturated heterocycles. The Labute approximate surface area is 118 Å². The molecular weight excluding hydrogens is 253 g/mol. The monoisotopic (exact) mass is 271 g/mol. The van der Waals surface area contributed by atoms with Crippen molar-refractivity contribution in [2.45, 2.75) is 32.7 Å². The van der Waals surface area contributed by atoms with Crippen LogP contribution < -0.4 is 5.73 Å². The molecule has 0 fully saturated rings. The number of fused-ring (bicyclic) bond motifs is 1. The highest BCUT2D eigenvalue weighted by Gasteiger charge is 2.26. The van der Waals surface area contributed by atoms with E-state index < -0.39 is 0 Å². The largest absolute Gasteiger partial charge is 0.508 e. The summed E-state index contributed by atoms with van der Waals surface area (Å²) in [4.78, 5) is 0. The Kier molecular flexibility index (Phi) is 3.02. The molecule has 2 aromatic carbocycles. The van der Waals surface area contributed by atoms with Crippen LogP contribution in [0.2, 0.25) is 0 Å². The summed E-state index contributed by atoms with van der Waals surface area (Å²) in [6.07, 6.45) is 1.60. The first-order chi connectivity index (χ1) is 9.49. The lowest BCUT2D eigenvalue weighted by molar-refractivity contribution is 0.474. The molecule has 2 nitrogen and oxygen atoms in total. The smallest absolute Gasteiger partial charge is 0.128 e. The van der Waals surface area contributed by atoms with Crippen molar-refractivity contribution in [1.82, 2.24) is 0 Å². The summed E-state index contributed by atoms with van der Waals surface area (Å²) in [5.74, 6) is 0.0574. The van der Waals surface area contributed by atoms with Crippen LogP contribution in [-0.4, -0.2) is 5.11 Å². The fourth-order valence-corrected chi connectivity index (χ4v) is 3.35. The van der Waals surface area contributed by atoms with E-state index >= 15 is 0 Å². The Hall–Kier alpha value is -1.87. The van der Waals surface area contributed by atoms with E-state index in [9.17, 15) is 9.50 Å². The third kappa shape index (κ3) is 1.90. The average Bonchev–Trinajstić information content (AvgIpc) is 2.74. The Morgan fingerprint density at radius 2 is 1.85 bits per heavy atom. The van der Waals surface area contributed by atoms with Crippen LogP contribution in [0.25, 0.3) is 11.1 Å².